The summed E-state index contributed by atoms with van der Waals surface area (Å²) in [7, 11) is -3.82. The summed E-state index contributed by atoms with van der Waals surface area (Å²) >= 11 is 0. The van der Waals surface area contributed by atoms with Crippen LogP contribution in [-0.2, 0) is 9.84 Å². The lowest BCUT2D eigenvalue weighted by molar-refractivity contribution is 0.445. The molecule has 0 N–H and O–H groups in total. The average Bonchev–Trinajstić information content (AvgIpc) is 3.19. The minimum Gasteiger partial charge on any atom is -0.356 e. The molecule has 29 heavy (non-hydrogen) atoms. The van der Waals surface area contributed by atoms with Gasteiger partial charge in [0.05, 0.1) is 10.4 Å². The van der Waals surface area contributed by atoms with Crippen LogP contribution in [0, 0.1) is 5.92 Å². The summed E-state index contributed by atoms with van der Waals surface area (Å²) in [6.45, 7) is 4.04. The van der Waals surface area contributed by atoms with E-state index in [1.807, 2.05) is 24.3 Å². The molecule has 3 heterocycles. The lowest BCUT2D eigenvalue weighted by Crippen LogP contribution is -2.35. The molecule has 5 rings (SSSR count). The molecule has 1 unspecified atom stereocenters. The second-order valence-electron chi connectivity index (χ2n) is 7.59. The third kappa shape index (κ3) is 2.95. The Kier molecular flexibility index (Phi) is 4.24. The van der Waals surface area contributed by atoms with Crippen molar-refractivity contribution >= 4 is 32.2 Å². The monoisotopic (exact) mass is 407 g/mol. The van der Waals surface area contributed by atoms with E-state index in [0.717, 1.165) is 36.2 Å². The number of rotatable bonds is 3. The van der Waals surface area contributed by atoms with E-state index in [1.54, 1.807) is 30.3 Å². The predicted octanol–water partition coefficient (Wildman–Crippen LogP) is 3.35. The molecule has 148 valence electrons. The normalized spacial score (nSPS) is 17.8. The van der Waals surface area contributed by atoms with Gasteiger partial charge in [-0.15, -0.1) is 5.10 Å². The highest BCUT2D eigenvalue weighted by Crippen LogP contribution is 2.31. The van der Waals surface area contributed by atoms with Crippen molar-refractivity contribution in [3.63, 3.8) is 0 Å². The lowest BCUT2D eigenvalue weighted by Gasteiger charge is -2.32. The number of benzene rings is 2. The topological polar surface area (TPSA) is 80.5 Å². The Morgan fingerprint density at radius 3 is 2.59 bits per heavy atom. The first kappa shape index (κ1) is 18.1. The van der Waals surface area contributed by atoms with Crippen LogP contribution in [0.5, 0.6) is 0 Å². The Morgan fingerprint density at radius 1 is 1.03 bits per heavy atom. The highest BCUT2D eigenvalue weighted by atomic mass is 32.2. The number of sulfone groups is 1. The van der Waals surface area contributed by atoms with Gasteiger partial charge in [-0.2, -0.15) is 4.52 Å². The maximum atomic E-state index is 13.2. The molecule has 0 amide bonds. The van der Waals surface area contributed by atoms with Crippen LogP contribution in [0.1, 0.15) is 19.8 Å². The maximum absolute atomic E-state index is 13.2. The van der Waals surface area contributed by atoms with Crippen molar-refractivity contribution in [1.82, 2.24) is 19.8 Å². The highest BCUT2D eigenvalue weighted by molar-refractivity contribution is 7.91. The Bertz CT molecular complexity index is 1300. The van der Waals surface area contributed by atoms with Gasteiger partial charge < -0.3 is 4.90 Å². The van der Waals surface area contributed by atoms with Gasteiger partial charge in [0.15, 0.2) is 5.65 Å². The van der Waals surface area contributed by atoms with E-state index in [9.17, 15) is 8.42 Å². The number of para-hydroxylation sites is 1. The lowest BCUT2D eigenvalue weighted by atomic mass is 10.00. The number of hydrogen-bond donors (Lipinski definition) is 0. The highest BCUT2D eigenvalue weighted by Gasteiger charge is 2.28. The molecule has 1 fully saturated rings. The van der Waals surface area contributed by atoms with Crippen LogP contribution in [0.3, 0.4) is 0 Å². The second-order valence-corrected chi connectivity index (χ2v) is 9.46. The van der Waals surface area contributed by atoms with Gasteiger partial charge in [0.1, 0.15) is 5.82 Å². The van der Waals surface area contributed by atoms with Gasteiger partial charge in [-0.05, 0) is 43.0 Å². The van der Waals surface area contributed by atoms with Crippen molar-refractivity contribution in [2.45, 2.75) is 29.7 Å². The van der Waals surface area contributed by atoms with Crippen LogP contribution in [0.4, 0.5) is 5.82 Å². The molecule has 1 aliphatic rings. The minimum absolute atomic E-state index is 0.110. The second kappa shape index (κ2) is 6.81. The molecule has 2 aromatic heterocycles. The predicted molar refractivity (Wildman–Crippen MR) is 111 cm³/mol. The van der Waals surface area contributed by atoms with E-state index >= 15 is 0 Å². The molecule has 8 heteroatoms. The quantitative estimate of drug-likeness (QED) is 0.518. The van der Waals surface area contributed by atoms with Crippen LogP contribution >= 0.6 is 0 Å². The fourth-order valence-corrected chi connectivity index (χ4v) is 5.29. The molecule has 1 atom stereocenters. The fraction of sp³-hybridized carbons (Fsp3) is 0.286. The van der Waals surface area contributed by atoms with Gasteiger partial charge in [-0.3, -0.25) is 0 Å². The smallest absolute Gasteiger partial charge is 0.229 e. The van der Waals surface area contributed by atoms with E-state index in [4.69, 9.17) is 4.98 Å². The molecule has 4 aromatic rings. The molecular weight excluding hydrogens is 386 g/mol. The third-order valence-corrected chi connectivity index (χ3v) is 7.13. The summed E-state index contributed by atoms with van der Waals surface area (Å²) in [5.41, 5.74) is 1.06. The maximum Gasteiger partial charge on any atom is 0.229 e. The number of fused-ring (bicyclic) bond motifs is 3. The van der Waals surface area contributed by atoms with Crippen LogP contribution in [0.15, 0.2) is 64.5 Å². The molecule has 0 aliphatic carbocycles. The van der Waals surface area contributed by atoms with E-state index in [0.29, 0.717) is 5.92 Å². The van der Waals surface area contributed by atoms with Gasteiger partial charge in [0.2, 0.25) is 14.9 Å². The first-order chi connectivity index (χ1) is 14.1. The Balaban J connectivity index is 1.77. The van der Waals surface area contributed by atoms with Crippen molar-refractivity contribution in [2.75, 3.05) is 18.0 Å². The largest absolute Gasteiger partial charge is 0.356 e. The van der Waals surface area contributed by atoms with Crippen LogP contribution < -0.4 is 4.90 Å². The van der Waals surface area contributed by atoms with Crippen molar-refractivity contribution in [1.29, 1.82) is 0 Å². The Morgan fingerprint density at radius 2 is 1.79 bits per heavy atom. The van der Waals surface area contributed by atoms with Crippen LogP contribution in [0.2, 0.25) is 0 Å². The van der Waals surface area contributed by atoms with Gasteiger partial charge in [-0.1, -0.05) is 42.5 Å². The number of anilines is 1. The van der Waals surface area contributed by atoms with Gasteiger partial charge >= 0.3 is 0 Å². The fourth-order valence-electron chi connectivity index (χ4n) is 4.04. The number of hydrogen-bond acceptors (Lipinski definition) is 6. The van der Waals surface area contributed by atoms with Crippen molar-refractivity contribution in [2.24, 2.45) is 5.92 Å². The first-order valence-corrected chi connectivity index (χ1v) is 11.2. The van der Waals surface area contributed by atoms with E-state index in [1.165, 1.54) is 10.9 Å². The van der Waals surface area contributed by atoms with Crippen LogP contribution in [-0.4, -0.2) is 41.3 Å². The molecule has 0 spiro atoms. The number of aromatic nitrogens is 4. The van der Waals surface area contributed by atoms with E-state index in [-0.39, 0.29) is 15.6 Å². The molecule has 0 saturated carbocycles. The molecule has 2 aromatic carbocycles. The zero-order valence-corrected chi connectivity index (χ0v) is 16.9. The zero-order chi connectivity index (χ0) is 20.0. The van der Waals surface area contributed by atoms with Gasteiger partial charge in [0.25, 0.3) is 0 Å². The summed E-state index contributed by atoms with van der Waals surface area (Å²) < 4.78 is 28.0. The van der Waals surface area contributed by atoms with Crippen LogP contribution in [0.25, 0.3) is 16.6 Å². The summed E-state index contributed by atoms with van der Waals surface area (Å²) in [5.74, 6) is 1.36. The van der Waals surface area contributed by atoms with Crippen molar-refractivity contribution in [3.8, 4) is 0 Å². The molecule has 1 aliphatic heterocycles. The van der Waals surface area contributed by atoms with Crippen molar-refractivity contribution < 1.29 is 8.42 Å². The van der Waals surface area contributed by atoms with E-state index < -0.39 is 9.84 Å². The third-order valence-electron chi connectivity index (χ3n) is 5.47. The zero-order valence-electron chi connectivity index (χ0n) is 16.1. The van der Waals surface area contributed by atoms with Crippen molar-refractivity contribution in [3.05, 3.63) is 54.6 Å². The Hall–Kier alpha value is -3.00. The molecule has 1 saturated heterocycles. The Labute approximate surface area is 168 Å². The standard InChI is InChI=1S/C21H21N5O2S/c1-15-8-7-13-25(14-15)19-17-11-5-6-12-18(17)26-20(22-19)21(23-24-26)29(27,28)16-9-3-2-4-10-16/h2-6,9-12,15H,7-8,13-14H2,1H3. The van der Waals surface area contributed by atoms with Gasteiger partial charge in [-0.25, -0.2) is 13.4 Å². The summed E-state index contributed by atoms with van der Waals surface area (Å²) in [4.78, 5) is 7.24. The van der Waals surface area contributed by atoms with E-state index in [2.05, 4.69) is 22.1 Å². The molecule has 0 radical (unpaired) electrons. The first-order valence-electron chi connectivity index (χ1n) is 9.75. The van der Waals surface area contributed by atoms with Gasteiger partial charge in [0, 0.05) is 18.5 Å². The molecular formula is C21H21N5O2S. The summed E-state index contributed by atoms with van der Waals surface area (Å²) in [5, 5.41) is 9.02. The SMILES string of the molecule is CC1CCCN(c2nc3c(S(=O)(=O)c4ccccc4)nnn3c3ccccc23)C1. The minimum atomic E-state index is -3.82. The average molecular weight is 407 g/mol. The summed E-state index contributed by atoms with van der Waals surface area (Å²) in [6, 6.07) is 16.1. The summed E-state index contributed by atoms with van der Waals surface area (Å²) in [6.07, 6.45) is 2.29. The molecule has 7 nitrogen and oxygen atoms in total. The number of piperidine rings is 1. The molecule has 0 bridgehead atoms. The number of nitrogens with zero attached hydrogens (tertiary/aromatic N) is 5.